The molecule has 1 amide bonds. The van der Waals surface area contributed by atoms with Gasteiger partial charge in [0.15, 0.2) is 0 Å². The molecule has 1 saturated heterocycles. The molecule has 182 valence electrons. The Bertz CT molecular complexity index is 1300. The number of carbonyl (C=O) groups is 2. The van der Waals surface area contributed by atoms with Crippen molar-refractivity contribution < 1.29 is 19.2 Å². The number of amides is 1. The highest BCUT2D eigenvalue weighted by Crippen LogP contribution is 2.42. The topological polar surface area (TPSA) is 171 Å². The van der Waals surface area contributed by atoms with Crippen LogP contribution in [0.15, 0.2) is 23.0 Å². The number of nitrogens with one attached hydrogen (secondary N) is 2. The van der Waals surface area contributed by atoms with Crippen molar-refractivity contribution in [3.05, 3.63) is 54.8 Å². The molecule has 0 aliphatic carbocycles. The number of hydrogen-bond acceptors (Lipinski definition) is 9. The van der Waals surface area contributed by atoms with E-state index in [1.165, 1.54) is 12.1 Å². The second kappa shape index (κ2) is 9.71. The molecule has 2 unspecified atom stereocenters. The van der Waals surface area contributed by atoms with Gasteiger partial charge >= 0.3 is 5.97 Å². The Morgan fingerprint density at radius 2 is 2.09 bits per heavy atom. The molecular formula is C22H21ClN6O6. The molecule has 0 bridgehead atoms. The zero-order chi connectivity index (χ0) is 25.3. The minimum atomic E-state index is -1.35. The number of hydrogen-bond donors (Lipinski definition) is 2. The summed E-state index contributed by atoms with van der Waals surface area (Å²) in [4.78, 5) is 57.6. The van der Waals surface area contributed by atoms with E-state index < -0.39 is 28.2 Å². The highest BCUT2D eigenvalue weighted by Gasteiger charge is 2.42. The van der Waals surface area contributed by atoms with Crippen molar-refractivity contribution in [3.63, 3.8) is 0 Å². The van der Waals surface area contributed by atoms with E-state index in [-0.39, 0.29) is 45.5 Å². The van der Waals surface area contributed by atoms with Gasteiger partial charge in [0, 0.05) is 36.2 Å². The van der Waals surface area contributed by atoms with E-state index in [1.807, 2.05) is 6.07 Å². The molecular weight excluding hydrogens is 480 g/mol. The Morgan fingerprint density at radius 3 is 2.71 bits per heavy atom. The van der Waals surface area contributed by atoms with E-state index in [0.717, 1.165) is 6.07 Å². The van der Waals surface area contributed by atoms with Crippen LogP contribution >= 0.6 is 11.6 Å². The molecule has 2 aromatic rings. The number of nitro benzene ring substituents is 1. The predicted octanol–water partition coefficient (Wildman–Crippen LogP) is 2.33. The molecule has 1 aromatic heterocycles. The van der Waals surface area contributed by atoms with Crippen LogP contribution in [0.4, 0.5) is 17.5 Å². The first-order valence-electron chi connectivity index (χ1n) is 10.9. The zero-order valence-electron chi connectivity index (χ0n) is 18.6. The summed E-state index contributed by atoms with van der Waals surface area (Å²) >= 11 is 6.30. The molecule has 1 fully saturated rings. The highest BCUT2D eigenvalue weighted by atomic mass is 35.5. The lowest BCUT2D eigenvalue weighted by atomic mass is 9.79. The first kappa shape index (κ1) is 24.2. The number of ether oxygens (including phenoxy) is 1. The second-order valence-corrected chi connectivity index (χ2v) is 8.61. The van der Waals surface area contributed by atoms with Gasteiger partial charge in [-0.1, -0.05) is 11.6 Å². The minimum Gasteiger partial charge on any atom is -0.466 e. The maximum atomic E-state index is 13.2. The molecule has 0 radical (unpaired) electrons. The number of piperidine rings is 1. The third-order valence-electron chi connectivity index (χ3n) is 6.19. The third-order valence-corrected chi connectivity index (χ3v) is 6.53. The van der Waals surface area contributed by atoms with Crippen LogP contribution in [-0.4, -0.2) is 46.5 Å². The molecule has 1 aromatic carbocycles. The van der Waals surface area contributed by atoms with Gasteiger partial charge < -0.3 is 15.0 Å². The lowest BCUT2D eigenvalue weighted by Crippen LogP contribution is -2.41. The van der Waals surface area contributed by atoms with Crippen LogP contribution in [0, 0.1) is 33.3 Å². The summed E-state index contributed by atoms with van der Waals surface area (Å²) in [5, 5.41) is 23.6. The Labute approximate surface area is 204 Å². The minimum absolute atomic E-state index is 0.0105. The number of fused-ring (bicyclic) bond motifs is 1. The van der Waals surface area contributed by atoms with Crippen molar-refractivity contribution in [1.82, 2.24) is 9.97 Å². The normalized spacial score (nSPS) is 19.9. The van der Waals surface area contributed by atoms with E-state index in [9.17, 15) is 29.8 Å². The molecule has 2 aliphatic heterocycles. The first-order chi connectivity index (χ1) is 16.7. The van der Waals surface area contributed by atoms with Gasteiger partial charge in [-0.05, 0) is 31.4 Å². The molecule has 0 saturated carbocycles. The molecule has 4 rings (SSSR count). The Hall–Kier alpha value is -3.98. The van der Waals surface area contributed by atoms with Crippen LogP contribution in [0.5, 0.6) is 0 Å². The van der Waals surface area contributed by atoms with Crippen LogP contribution < -0.4 is 15.8 Å². The van der Waals surface area contributed by atoms with Gasteiger partial charge in [0.2, 0.25) is 11.9 Å². The number of nitro groups is 1. The first-order valence-corrected chi connectivity index (χ1v) is 11.3. The summed E-state index contributed by atoms with van der Waals surface area (Å²) in [5.74, 6) is -3.54. The monoisotopic (exact) mass is 500 g/mol. The standard InChI is InChI=1S/C22H21ClN6O6/c1-2-35-21(32)11-5-7-28(8-6-11)22-26-18-17(20(31)27-22)16(14(10-24)19(30)25-18)13-9-12(29(33)34)3-4-15(13)23/h3-4,9,11,14,16H,2,5-8H2,1H3,(H2,25,26,27,30,31). The largest absolute Gasteiger partial charge is 0.466 e. The number of nitrogens with zero attached hydrogens (tertiary/aromatic N) is 4. The summed E-state index contributed by atoms with van der Waals surface area (Å²) in [6, 6.07) is 5.52. The van der Waals surface area contributed by atoms with Gasteiger partial charge in [-0.2, -0.15) is 10.2 Å². The van der Waals surface area contributed by atoms with Crippen molar-refractivity contribution >= 4 is 40.9 Å². The lowest BCUT2D eigenvalue weighted by molar-refractivity contribution is -0.384. The molecule has 13 heteroatoms. The fourth-order valence-electron chi connectivity index (χ4n) is 4.45. The van der Waals surface area contributed by atoms with Gasteiger partial charge in [0.1, 0.15) is 11.7 Å². The Balaban J connectivity index is 1.72. The van der Waals surface area contributed by atoms with Gasteiger partial charge in [-0.15, -0.1) is 0 Å². The molecule has 2 aliphatic rings. The van der Waals surface area contributed by atoms with Gasteiger partial charge in [0.05, 0.1) is 29.1 Å². The smallest absolute Gasteiger partial charge is 0.309 e. The molecule has 2 N–H and O–H groups in total. The fourth-order valence-corrected chi connectivity index (χ4v) is 4.69. The summed E-state index contributed by atoms with van der Waals surface area (Å²) in [5.41, 5.74) is -0.799. The number of esters is 1. The number of rotatable bonds is 5. The van der Waals surface area contributed by atoms with Crippen LogP contribution in [0.1, 0.15) is 36.8 Å². The number of anilines is 2. The third kappa shape index (κ3) is 4.54. The molecule has 12 nitrogen and oxygen atoms in total. The van der Waals surface area contributed by atoms with Crippen LogP contribution in [0.2, 0.25) is 5.02 Å². The Kier molecular flexibility index (Phi) is 6.70. The van der Waals surface area contributed by atoms with Crippen molar-refractivity contribution in [2.45, 2.75) is 25.7 Å². The molecule has 35 heavy (non-hydrogen) atoms. The number of aromatic amines is 1. The molecule has 0 spiro atoms. The summed E-state index contributed by atoms with van der Waals surface area (Å²) in [6.45, 7) is 2.91. The number of non-ortho nitro benzene ring substituents is 1. The zero-order valence-corrected chi connectivity index (χ0v) is 19.4. The van der Waals surface area contributed by atoms with Crippen LogP contribution in [-0.2, 0) is 14.3 Å². The maximum Gasteiger partial charge on any atom is 0.309 e. The second-order valence-electron chi connectivity index (χ2n) is 8.20. The van der Waals surface area contributed by atoms with E-state index in [4.69, 9.17) is 16.3 Å². The van der Waals surface area contributed by atoms with E-state index in [1.54, 1.807) is 11.8 Å². The van der Waals surface area contributed by atoms with Crippen LogP contribution in [0.25, 0.3) is 0 Å². The number of carbonyl (C=O) groups excluding carboxylic acids is 2. The fraction of sp³-hybridized carbons (Fsp3) is 0.409. The van der Waals surface area contributed by atoms with Gasteiger partial charge in [-0.25, -0.2) is 0 Å². The lowest BCUT2D eigenvalue weighted by Gasteiger charge is -2.33. The summed E-state index contributed by atoms with van der Waals surface area (Å²) in [7, 11) is 0. The number of H-pyrrole nitrogens is 1. The predicted molar refractivity (Wildman–Crippen MR) is 124 cm³/mol. The van der Waals surface area contributed by atoms with Crippen molar-refractivity contribution in [1.29, 1.82) is 5.26 Å². The van der Waals surface area contributed by atoms with Crippen molar-refractivity contribution in [2.24, 2.45) is 11.8 Å². The van der Waals surface area contributed by atoms with Crippen molar-refractivity contribution in [2.75, 3.05) is 29.9 Å². The van der Waals surface area contributed by atoms with E-state index >= 15 is 0 Å². The SMILES string of the molecule is CCOC(=O)C1CCN(c2nc3c(c(=O)[nH]2)C(c2cc([N+](=O)[O-])ccc2Cl)C(C#N)C(=O)N3)CC1. The summed E-state index contributed by atoms with van der Waals surface area (Å²) < 4.78 is 5.08. The van der Waals surface area contributed by atoms with Crippen molar-refractivity contribution in [3.8, 4) is 6.07 Å². The molecule has 2 atom stereocenters. The maximum absolute atomic E-state index is 13.2. The highest BCUT2D eigenvalue weighted by molar-refractivity contribution is 6.31. The van der Waals surface area contributed by atoms with Crippen LogP contribution in [0.3, 0.4) is 0 Å². The molecule has 3 heterocycles. The average Bonchev–Trinajstić information content (AvgIpc) is 2.83. The van der Waals surface area contributed by atoms with Gasteiger partial charge in [-0.3, -0.25) is 29.5 Å². The van der Waals surface area contributed by atoms with E-state index in [0.29, 0.717) is 32.5 Å². The number of benzene rings is 1. The summed E-state index contributed by atoms with van der Waals surface area (Å²) in [6.07, 6.45) is 1.02. The number of nitriles is 1. The van der Waals surface area contributed by atoms with Gasteiger partial charge in [0.25, 0.3) is 11.2 Å². The Morgan fingerprint density at radius 1 is 1.37 bits per heavy atom. The average molecular weight is 501 g/mol. The number of aromatic nitrogens is 2. The quantitative estimate of drug-likeness (QED) is 0.355. The number of halogens is 1. The van der Waals surface area contributed by atoms with E-state index in [2.05, 4.69) is 15.3 Å².